The second-order valence-electron chi connectivity index (χ2n) is 6.53. The highest BCUT2D eigenvalue weighted by atomic mass is 79.9. The summed E-state index contributed by atoms with van der Waals surface area (Å²) in [5.74, 6) is -0.0589. The first kappa shape index (κ1) is 18.0. The van der Waals surface area contributed by atoms with Crippen molar-refractivity contribution in [2.75, 3.05) is 5.32 Å². The van der Waals surface area contributed by atoms with E-state index in [1.165, 1.54) is 11.1 Å². The van der Waals surface area contributed by atoms with E-state index in [0.29, 0.717) is 0 Å². The molecule has 0 aliphatic carbocycles. The number of amides is 1. The summed E-state index contributed by atoms with van der Waals surface area (Å²) in [6.45, 7) is 2.08. The van der Waals surface area contributed by atoms with Crippen molar-refractivity contribution in [2.24, 2.45) is 0 Å². The summed E-state index contributed by atoms with van der Waals surface area (Å²) in [7, 11) is 0. The van der Waals surface area contributed by atoms with Crippen LogP contribution in [0.15, 0.2) is 77.3 Å². The first-order valence-electron chi connectivity index (χ1n) is 8.73. The number of carbonyl (C=O) groups is 1. The van der Waals surface area contributed by atoms with Crippen LogP contribution in [0.3, 0.4) is 0 Å². The van der Waals surface area contributed by atoms with E-state index in [9.17, 15) is 4.79 Å². The van der Waals surface area contributed by atoms with Gasteiger partial charge in [-0.25, -0.2) is 0 Å². The van der Waals surface area contributed by atoms with Gasteiger partial charge in [-0.1, -0.05) is 70.0 Å². The maximum atomic E-state index is 13.0. The van der Waals surface area contributed by atoms with Crippen LogP contribution < -0.4 is 5.32 Å². The van der Waals surface area contributed by atoms with Crippen LogP contribution in [0.25, 0.3) is 10.1 Å². The van der Waals surface area contributed by atoms with Gasteiger partial charge in [-0.15, -0.1) is 11.3 Å². The molecule has 4 aromatic rings. The summed E-state index contributed by atoms with van der Waals surface area (Å²) in [4.78, 5) is 13.8. The Hall–Kier alpha value is -2.43. The van der Waals surface area contributed by atoms with Crippen molar-refractivity contribution in [2.45, 2.75) is 13.3 Å². The second kappa shape index (κ2) is 7.67. The van der Waals surface area contributed by atoms with Crippen LogP contribution in [0.2, 0.25) is 0 Å². The molecule has 2 nitrogen and oxygen atoms in total. The maximum Gasteiger partial charge on any atom is 0.266 e. The second-order valence-corrected chi connectivity index (χ2v) is 8.50. The number of thiophene rings is 1. The van der Waals surface area contributed by atoms with E-state index in [1.54, 1.807) is 11.3 Å². The van der Waals surface area contributed by atoms with Crippen LogP contribution in [0.1, 0.15) is 26.4 Å². The number of hydrogen-bond acceptors (Lipinski definition) is 2. The zero-order valence-electron chi connectivity index (χ0n) is 14.8. The SMILES string of the molecule is Cc1ccc(Cc2c(C(=O)Nc3cccc(Br)c3)sc3ccccc23)cc1. The average Bonchev–Trinajstić information content (AvgIpc) is 3.02. The number of nitrogens with one attached hydrogen (secondary N) is 1. The van der Waals surface area contributed by atoms with Crippen molar-refractivity contribution in [1.82, 2.24) is 0 Å². The van der Waals surface area contributed by atoms with E-state index in [0.717, 1.165) is 37.1 Å². The molecule has 0 saturated carbocycles. The number of aryl methyl sites for hydroxylation is 1. The number of benzene rings is 3. The van der Waals surface area contributed by atoms with Gasteiger partial charge < -0.3 is 5.32 Å². The van der Waals surface area contributed by atoms with Crippen LogP contribution in [-0.4, -0.2) is 5.91 Å². The number of anilines is 1. The summed E-state index contributed by atoms with van der Waals surface area (Å²) < 4.78 is 2.08. The lowest BCUT2D eigenvalue weighted by Gasteiger charge is -2.08. The van der Waals surface area contributed by atoms with Crippen molar-refractivity contribution >= 4 is 48.9 Å². The number of rotatable bonds is 4. The molecule has 1 heterocycles. The van der Waals surface area contributed by atoms with Gasteiger partial charge in [-0.05, 0) is 54.1 Å². The fourth-order valence-electron chi connectivity index (χ4n) is 3.12. The fourth-order valence-corrected chi connectivity index (χ4v) is 4.64. The first-order valence-corrected chi connectivity index (χ1v) is 10.3. The molecule has 0 fully saturated rings. The van der Waals surface area contributed by atoms with Gasteiger partial charge in [0.15, 0.2) is 0 Å². The highest BCUT2D eigenvalue weighted by Gasteiger charge is 2.19. The minimum absolute atomic E-state index is 0.0589. The first-order chi connectivity index (χ1) is 13.1. The summed E-state index contributed by atoms with van der Waals surface area (Å²) >= 11 is 5.01. The van der Waals surface area contributed by atoms with Crippen molar-refractivity contribution in [3.05, 3.63) is 98.8 Å². The lowest BCUT2D eigenvalue weighted by molar-refractivity contribution is 0.103. The average molecular weight is 436 g/mol. The number of carbonyl (C=O) groups excluding carboxylic acids is 1. The molecule has 1 aromatic heterocycles. The molecule has 0 radical (unpaired) electrons. The summed E-state index contributed by atoms with van der Waals surface area (Å²) in [6.07, 6.45) is 0.742. The largest absolute Gasteiger partial charge is 0.321 e. The number of halogens is 1. The molecule has 0 unspecified atom stereocenters. The Morgan fingerprint density at radius 3 is 2.56 bits per heavy atom. The van der Waals surface area contributed by atoms with E-state index in [2.05, 4.69) is 64.6 Å². The minimum atomic E-state index is -0.0589. The minimum Gasteiger partial charge on any atom is -0.321 e. The van der Waals surface area contributed by atoms with Crippen LogP contribution in [-0.2, 0) is 6.42 Å². The Balaban J connectivity index is 1.73. The van der Waals surface area contributed by atoms with Gasteiger partial charge in [-0.2, -0.15) is 0 Å². The molecule has 0 aliphatic heterocycles. The third-order valence-corrected chi connectivity index (χ3v) is 6.19. The molecular formula is C23H18BrNOS. The van der Waals surface area contributed by atoms with Crippen molar-refractivity contribution in [3.63, 3.8) is 0 Å². The van der Waals surface area contributed by atoms with Crippen LogP contribution >= 0.6 is 27.3 Å². The molecule has 1 amide bonds. The molecule has 0 saturated heterocycles. The van der Waals surface area contributed by atoms with E-state index in [1.807, 2.05) is 36.4 Å². The molecule has 0 spiro atoms. The predicted octanol–water partition coefficient (Wildman–Crippen LogP) is 6.82. The third-order valence-electron chi connectivity index (χ3n) is 4.49. The smallest absolute Gasteiger partial charge is 0.266 e. The van der Waals surface area contributed by atoms with Gasteiger partial charge in [0.1, 0.15) is 0 Å². The van der Waals surface area contributed by atoms with Gasteiger partial charge in [-0.3, -0.25) is 4.79 Å². The molecule has 1 N–H and O–H groups in total. The van der Waals surface area contributed by atoms with Crippen molar-refractivity contribution in [1.29, 1.82) is 0 Å². The van der Waals surface area contributed by atoms with Gasteiger partial charge in [0.25, 0.3) is 5.91 Å². The van der Waals surface area contributed by atoms with E-state index < -0.39 is 0 Å². The zero-order chi connectivity index (χ0) is 18.8. The third kappa shape index (κ3) is 3.97. The maximum absolute atomic E-state index is 13.0. The number of hydrogen-bond donors (Lipinski definition) is 1. The molecule has 27 heavy (non-hydrogen) atoms. The molecule has 0 aliphatic rings. The molecule has 0 bridgehead atoms. The van der Waals surface area contributed by atoms with Gasteiger partial charge >= 0.3 is 0 Å². The highest BCUT2D eigenvalue weighted by Crippen LogP contribution is 2.33. The molecule has 4 heteroatoms. The molecule has 4 rings (SSSR count). The number of fused-ring (bicyclic) bond motifs is 1. The Bertz CT molecular complexity index is 1110. The van der Waals surface area contributed by atoms with E-state index in [4.69, 9.17) is 0 Å². The summed E-state index contributed by atoms with van der Waals surface area (Å²) in [6, 6.07) is 24.4. The van der Waals surface area contributed by atoms with E-state index in [-0.39, 0.29) is 5.91 Å². The lowest BCUT2D eigenvalue weighted by Crippen LogP contribution is -2.12. The van der Waals surface area contributed by atoms with Crippen LogP contribution in [0, 0.1) is 6.92 Å². The quantitative estimate of drug-likeness (QED) is 0.374. The van der Waals surface area contributed by atoms with Crippen molar-refractivity contribution in [3.8, 4) is 0 Å². The van der Waals surface area contributed by atoms with Gasteiger partial charge in [0, 0.05) is 14.9 Å². The Labute approximate surface area is 171 Å². The molecule has 0 atom stereocenters. The normalized spacial score (nSPS) is 10.9. The van der Waals surface area contributed by atoms with Gasteiger partial charge in [0.2, 0.25) is 0 Å². The molecule has 3 aromatic carbocycles. The van der Waals surface area contributed by atoms with Crippen LogP contribution in [0.4, 0.5) is 5.69 Å². The lowest BCUT2D eigenvalue weighted by atomic mass is 10.0. The summed E-state index contributed by atoms with van der Waals surface area (Å²) in [5.41, 5.74) is 4.32. The van der Waals surface area contributed by atoms with Crippen LogP contribution in [0.5, 0.6) is 0 Å². The predicted molar refractivity (Wildman–Crippen MR) is 118 cm³/mol. The van der Waals surface area contributed by atoms with Gasteiger partial charge in [0.05, 0.1) is 4.88 Å². The summed E-state index contributed by atoms with van der Waals surface area (Å²) in [5, 5.41) is 4.19. The van der Waals surface area contributed by atoms with Crippen molar-refractivity contribution < 1.29 is 4.79 Å². The standard InChI is InChI=1S/C23H18BrNOS/c1-15-9-11-16(12-10-15)13-20-19-7-2-3-8-21(19)27-22(20)23(26)25-18-6-4-5-17(24)14-18/h2-12,14H,13H2,1H3,(H,25,26). The van der Waals surface area contributed by atoms with E-state index >= 15 is 0 Å². The monoisotopic (exact) mass is 435 g/mol. The fraction of sp³-hybridized carbons (Fsp3) is 0.0870. The Morgan fingerprint density at radius 2 is 1.78 bits per heavy atom. The Kier molecular flexibility index (Phi) is 5.10. The molecule has 134 valence electrons. The topological polar surface area (TPSA) is 29.1 Å². The Morgan fingerprint density at radius 1 is 1.00 bits per heavy atom. The highest BCUT2D eigenvalue weighted by molar-refractivity contribution is 9.10. The molecular weight excluding hydrogens is 418 g/mol. The zero-order valence-corrected chi connectivity index (χ0v) is 17.2.